The van der Waals surface area contributed by atoms with Crippen LogP contribution in [0.5, 0.6) is 11.5 Å². The molecule has 9 heteroatoms. The third kappa shape index (κ3) is 13.6. The molecule has 1 atom stereocenters. The SMILES string of the molecule is CNC[C@H](C)CCCCCC(=O)CC(=O)C=C(CO)c1cc(OCO)c(O)cc1Cc1cnc(N)cc1CCc1cccc(CCc2ccccc2)c1. The average Bonchev–Trinajstić information content (AvgIpc) is 3.15. The molecule has 3 aromatic carbocycles. The maximum Gasteiger partial charge on any atom is 0.186 e. The van der Waals surface area contributed by atoms with Crippen molar-refractivity contribution < 1.29 is 29.6 Å². The number of aromatic nitrogens is 1. The third-order valence-corrected chi connectivity index (χ3v) is 9.54. The molecule has 0 radical (unpaired) electrons. The van der Waals surface area contributed by atoms with Crippen LogP contribution < -0.4 is 15.8 Å². The zero-order chi connectivity index (χ0) is 38.0. The number of aliphatic hydroxyl groups is 2. The highest BCUT2D eigenvalue weighted by Crippen LogP contribution is 2.35. The van der Waals surface area contributed by atoms with E-state index in [0.717, 1.165) is 62.6 Å². The number of hydrogen-bond donors (Lipinski definition) is 5. The minimum atomic E-state index is -0.675. The second-order valence-corrected chi connectivity index (χ2v) is 13.9. The number of allylic oxidation sites excluding steroid dienone is 1. The highest BCUT2D eigenvalue weighted by Gasteiger charge is 2.18. The summed E-state index contributed by atoms with van der Waals surface area (Å²) < 4.78 is 5.24. The molecule has 282 valence electrons. The summed E-state index contributed by atoms with van der Waals surface area (Å²) in [6.07, 6.45) is 10.6. The minimum Gasteiger partial charge on any atom is -0.504 e. The van der Waals surface area contributed by atoms with E-state index < -0.39 is 19.2 Å². The zero-order valence-electron chi connectivity index (χ0n) is 31.2. The van der Waals surface area contributed by atoms with Crippen molar-refractivity contribution in [1.29, 1.82) is 0 Å². The van der Waals surface area contributed by atoms with E-state index in [-0.39, 0.29) is 29.3 Å². The number of unbranched alkanes of at least 4 members (excludes halogenated alkanes) is 2. The molecule has 0 saturated carbocycles. The number of benzene rings is 3. The standard InChI is InChI=1S/C44H55N3O6/c1-31(27-46-2)10-5-3-8-15-39(50)25-40(51)22-38(29-48)41-26-43(53-30-49)42(52)23-36(41)21-37-28-47-44(45)24-35(37)19-18-34-14-9-13-33(20-34)17-16-32-11-6-4-7-12-32/h4,6-7,9,11-14,20,22-24,26,28,31,46,48-49,52H,3,5,8,10,15-19,21,25,27,29-30H2,1-2H3,(H2,45,47)/t31-/m1/s1. The molecule has 0 aliphatic carbocycles. The van der Waals surface area contributed by atoms with Crippen LogP contribution in [0.4, 0.5) is 5.82 Å². The monoisotopic (exact) mass is 721 g/mol. The Labute approximate surface area is 314 Å². The first-order valence-electron chi connectivity index (χ1n) is 18.6. The number of phenolic OH excluding ortho intramolecular Hbond substituents is 1. The Morgan fingerprint density at radius 3 is 2.30 bits per heavy atom. The van der Waals surface area contributed by atoms with Crippen LogP contribution in [0.25, 0.3) is 5.57 Å². The van der Waals surface area contributed by atoms with E-state index in [1.807, 2.05) is 19.2 Å². The lowest BCUT2D eigenvalue weighted by Gasteiger charge is -2.17. The Hall–Kier alpha value is -4.83. The molecule has 6 N–H and O–H groups in total. The number of aliphatic hydroxyl groups excluding tert-OH is 2. The van der Waals surface area contributed by atoms with Gasteiger partial charge in [-0.1, -0.05) is 74.4 Å². The smallest absolute Gasteiger partial charge is 0.186 e. The van der Waals surface area contributed by atoms with Crippen LogP contribution in [0.2, 0.25) is 0 Å². The van der Waals surface area contributed by atoms with Crippen LogP contribution >= 0.6 is 0 Å². The molecule has 4 rings (SSSR count). The maximum absolute atomic E-state index is 13.1. The van der Waals surface area contributed by atoms with Gasteiger partial charge in [0.25, 0.3) is 0 Å². The highest BCUT2D eigenvalue weighted by molar-refractivity contribution is 6.07. The van der Waals surface area contributed by atoms with Crippen LogP contribution in [0, 0.1) is 5.92 Å². The molecule has 0 amide bonds. The normalized spacial score (nSPS) is 12.1. The van der Waals surface area contributed by atoms with Gasteiger partial charge in [-0.05, 0) is 133 Å². The predicted molar refractivity (Wildman–Crippen MR) is 211 cm³/mol. The number of nitrogens with one attached hydrogen (secondary N) is 1. The molecule has 1 aromatic heterocycles. The van der Waals surface area contributed by atoms with Crippen molar-refractivity contribution in [3.63, 3.8) is 0 Å². The van der Waals surface area contributed by atoms with Crippen LogP contribution in [0.1, 0.15) is 84.4 Å². The largest absolute Gasteiger partial charge is 0.504 e. The molecule has 4 aromatic rings. The van der Waals surface area contributed by atoms with Crippen molar-refractivity contribution in [3.05, 3.63) is 124 Å². The number of phenols is 1. The summed E-state index contributed by atoms with van der Waals surface area (Å²) in [4.78, 5) is 30.1. The molecule has 0 unspecified atom stereocenters. The van der Waals surface area contributed by atoms with Gasteiger partial charge in [0, 0.05) is 12.6 Å². The van der Waals surface area contributed by atoms with Crippen molar-refractivity contribution in [1.82, 2.24) is 10.3 Å². The highest BCUT2D eigenvalue weighted by atomic mass is 16.6. The Morgan fingerprint density at radius 2 is 1.58 bits per heavy atom. The topological polar surface area (TPSA) is 155 Å². The second kappa shape index (κ2) is 21.6. The first kappa shape index (κ1) is 40.9. The van der Waals surface area contributed by atoms with Crippen molar-refractivity contribution in [2.75, 3.05) is 32.7 Å². The number of nitrogen functional groups attached to an aromatic ring is 1. The molecular weight excluding hydrogens is 666 g/mol. The Kier molecular flexibility index (Phi) is 16.7. The van der Waals surface area contributed by atoms with E-state index >= 15 is 0 Å². The summed E-state index contributed by atoms with van der Waals surface area (Å²) in [5.41, 5.74) is 13.1. The quantitative estimate of drug-likeness (QED) is 0.0248. The van der Waals surface area contributed by atoms with Crippen molar-refractivity contribution in [2.45, 2.75) is 77.6 Å². The van der Waals surface area contributed by atoms with Gasteiger partial charge in [-0.3, -0.25) is 9.59 Å². The number of anilines is 1. The van der Waals surface area contributed by atoms with Gasteiger partial charge in [0.05, 0.1) is 13.0 Å². The zero-order valence-corrected chi connectivity index (χ0v) is 31.2. The van der Waals surface area contributed by atoms with Crippen molar-refractivity contribution in [3.8, 4) is 11.5 Å². The Bertz CT molecular complexity index is 1810. The lowest BCUT2D eigenvalue weighted by atomic mass is 9.91. The lowest BCUT2D eigenvalue weighted by molar-refractivity contribution is -0.124. The van der Waals surface area contributed by atoms with Gasteiger partial charge in [0.15, 0.2) is 24.1 Å². The Balaban J connectivity index is 1.48. The summed E-state index contributed by atoms with van der Waals surface area (Å²) >= 11 is 0. The van der Waals surface area contributed by atoms with E-state index in [2.05, 4.69) is 65.8 Å². The van der Waals surface area contributed by atoms with E-state index in [1.54, 1.807) is 6.20 Å². The fourth-order valence-electron chi connectivity index (χ4n) is 6.71. The number of pyridine rings is 1. The fourth-order valence-corrected chi connectivity index (χ4v) is 6.71. The number of nitrogens with two attached hydrogens (primary N) is 1. The number of aromatic hydroxyl groups is 1. The summed E-state index contributed by atoms with van der Waals surface area (Å²) in [5.74, 6) is 0.223. The van der Waals surface area contributed by atoms with Gasteiger partial charge in [0.1, 0.15) is 11.6 Å². The molecule has 0 saturated heterocycles. The van der Waals surface area contributed by atoms with Gasteiger partial charge < -0.3 is 31.1 Å². The molecule has 0 spiro atoms. The summed E-state index contributed by atoms with van der Waals surface area (Å²) in [6, 6.07) is 23.9. The number of ether oxygens (including phenoxy) is 1. The van der Waals surface area contributed by atoms with E-state index in [4.69, 9.17) is 10.5 Å². The number of ketones is 2. The van der Waals surface area contributed by atoms with Crippen LogP contribution in [-0.2, 0) is 41.7 Å². The summed E-state index contributed by atoms with van der Waals surface area (Å²) in [5, 5.41) is 33.9. The second-order valence-electron chi connectivity index (χ2n) is 13.9. The van der Waals surface area contributed by atoms with Crippen molar-refractivity contribution in [2.24, 2.45) is 5.92 Å². The predicted octanol–water partition coefficient (Wildman–Crippen LogP) is 6.57. The van der Waals surface area contributed by atoms with E-state index in [1.165, 1.54) is 34.9 Å². The van der Waals surface area contributed by atoms with Gasteiger partial charge in [0.2, 0.25) is 0 Å². The number of carbonyl (C=O) groups excluding carboxylic acids is 2. The molecule has 0 aliphatic rings. The summed E-state index contributed by atoms with van der Waals surface area (Å²) in [7, 11) is 1.94. The van der Waals surface area contributed by atoms with E-state index in [9.17, 15) is 24.9 Å². The first-order chi connectivity index (χ1) is 25.7. The number of carbonyl (C=O) groups is 2. The molecule has 0 fully saturated rings. The summed E-state index contributed by atoms with van der Waals surface area (Å²) in [6.45, 7) is 2.00. The number of rotatable bonds is 23. The van der Waals surface area contributed by atoms with E-state index in [0.29, 0.717) is 42.1 Å². The molecule has 9 nitrogen and oxygen atoms in total. The maximum atomic E-state index is 13.1. The van der Waals surface area contributed by atoms with Gasteiger partial charge in [-0.15, -0.1) is 0 Å². The van der Waals surface area contributed by atoms with Gasteiger partial charge >= 0.3 is 0 Å². The first-order valence-corrected chi connectivity index (χ1v) is 18.6. The van der Waals surface area contributed by atoms with Crippen LogP contribution in [0.3, 0.4) is 0 Å². The molecule has 1 heterocycles. The lowest BCUT2D eigenvalue weighted by Crippen LogP contribution is -2.15. The molecule has 53 heavy (non-hydrogen) atoms. The average molecular weight is 722 g/mol. The molecule has 0 aliphatic heterocycles. The fraction of sp³-hybridized carbons (Fsp3) is 0.386. The van der Waals surface area contributed by atoms with Crippen LogP contribution in [0.15, 0.2) is 85.1 Å². The van der Waals surface area contributed by atoms with Crippen molar-refractivity contribution >= 4 is 23.0 Å². The Morgan fingerprint density at radius 1 is 0.868 bits per heavy atom. The molecule has 0 bridgehead atoms. The van der Waals surface area contributed by atoms with Crippen LogP contribution in [-0.4, -0.2) is 58.9 Å². The van der Waals surface area contributed by atoms with Gasteiger partial charge in [-0.25, -0.2) is 4.98 Å². The number of hydrogen-bond acceptors (Lipinski definition) is 9. The third-order valence-electron chi connectivity index (χ3n) is 9.54. The minimum absolute atomic E-state index is 0.000891. The number of aryl methyl sites for hydroxylation is 4. The van der Waals surface area contributed by atoms with Gasteiger partial charge in [-0.2, -0.15) is 0 Å². The number of nitrogens with zero attached hydrogens (tertiary/aromatic N) is 1. The molecular formula is C44H55N3O6. The number of Topliss-reactive ketones (excluding diaryl/α,β-unsaturated/α-hetero) is 1.